The third-order valence-electron chi connectivity index (χ3n) is 2.56. The number of amides is 1. The van der Waals surface area contributed by atoms with Crippen LogP contribution in [0.15, 0.2) is 0 Å². The number of rotatable bonds is 2. The SMILES string of the molecule is CC(C)(C)C(=O)N1CCOC(CCN)C1. The van der Waals surface area contributed by atoms with Crippen molar-refractivity contribution in [1.82, 2.24) is 4.90 Å². The van der Waals surface area contributed by atoms with E-state index in [-0.39, 0.29) is 17.4 Å². The molecule has 15 heavy (non-hydrogen) atoms. The maximum Gasteiger partial charge on any atom is 0.228 e. The topological polar surface area (TPSA) is 55.6 Å². The Balaban J connectivity index is 2.52. The van der Waals surface area contributed by atoms with Crippen LogP contribution in [-0.2, 0) is 9.53 Å². The van der Waals surface area contributed by atoms with E-state index < -0.39 is 0 Å². The molecule has 0 aliphatic carbocycles. The lowest BCUT2D eigenvalue weighted by atomic mass is 9.94. The molecular formula is C11H22N2O2. The van der Waals surface area contributed by atoms with Crippen LogP contribution in [0.1, 0.15) is 27.2 Å². The lowest BCUT2D eigenvalue weighted by Gasteiger charge is -2.36. The zero-order chi connectivity index (χ0) is 11.5. The molecule has 1 aliphatic rings. The molecule has 88 valence electrons. The molecule has 0 radical (unpaired) electrons. The van der Waals surface area contributed by atoms with Crippen LogP contribution < -0.4 is 5.73 Å². The molecule has 1 unspecified atom stereocenters. The molecule has 4 heteroatoms. The summed E-state index contributed by atoms with van der Waals surface area (Å²) in [5, 5.41) is 0. The second-order valence-electron chi connectivity index (χ2n) is 5.07. The van der Waals surface area contributed by atoms with Crippen LogP contribution in [0, 0.1) is 5.41 Å². The van der Waals surface area contributed by atoms with Crippen LogP contribution in [0.5, 0.6) is 0 Å². The van der Waals surface area contributed by atoms with E-state index in [1.165, 1.54) is 0 Å². The fraction of sp³-hybridized carbons (Fsp3) is 0.909. The Morgan fingerprint density at radius 3 is 2.73 bits per heavy atom. The van der Waals surface area contributed by atoms with E-state index in [1.54, 1.807) is 0 Å². The van der Waals surface area contributed by atoms with E-state index in [2.05, 4.69) is 0 Å². The zero-order valence-electron chi connectivity index (χ0n) is 9.95. The first-order chi connectivity index (χ1) is 6.95. The minimum Gasteiger partial charge on any atom is -0.374 e. The quantitative estimate of drug-likeness (QED) is 0.732. The molecule has 1 heterocycles. The van der Waals surface area contributed by atoms with E-state index in [0.29, 0.717) is 26.2 Å². The third kappa shape index (κ3) is 3.47. The van der Waals surface area contributed by atoms with Gasteiger partial charge in [-0.05, 0) is 13.0 Å². The lowest BCUT2D eigenvalue weighted by Crippen LogP contribution is -2.49. The smallest absolute Gasteiger partial charge is 0.228 e. The Morgan fingerprint density at radius 1 is 1.53 bits per heavy atom. The number of hydrogen-bond acceptors (Lipinski definition) is 3. The molecule has 4 nitrogen and oxygen atoms in total. The minimum atomic E-state index is -0.301. The second kappa shape index (κ2) is 4.94. The van der Waals surface area contributed by atoms with Crippen molar-refractivity contribution in [3.05, 3.63) is 0 Å². The Kier molecular flexibility index (Phi) is 4.11. The van der Waals surface area contributed by atoms with E-state index >= 15 is 0 Å². The van der Waals surface area contributed by atoms with Gasteiger partial charge in [0.05, 0.1) is 12.7 Å². The Hall–Kier alpha value is -0.610. The van der Waals surface area contributed by atoms with Crippen molar-refractivity contribution in [2.45, 2.75) is 33.3 Å². The molecule has 1 atom stereocenters. The van der Waals surface area contributed by atoms with Crippen molar-refractivity contribution in [3.8, 4) is 0 Å². The summed E-state index contributed by atoms with van der Waals surface area (Å²) in [5.74, 6) is 0.202. The summed E-state index contributed by atoms with van der Waals surface area (Å²) in [7, 11) is 0. The first-order valence-electron chi connectivity index (χ1n) is 5.56. The molecule has 0 aromatic rings. The molecule has 0 bridgehead atoms. The van der Waals surface area contributed by atoms with E-state index in [9.17, 15) is 4.79 Å². The fourth-order valence-electron chi connectivity index (χ4n) is 1.74. The molecule has 1 saturated heterocycles. The van der Waals surface area contributed by atoms with Crippen LogP contribution in [0.25, 0.3) is 0 Å². The number of ether oxygens (including phenoxy) is 1. The number of carbonyl (C=O) groups excluding carboxylic acids is 1. The summed E-state index contributed by atoms with van der Waals surface area (Å²) < 4.78 is 5.54. The van der Waals surface area contributed by atoms with Gasteiger partial charge in [-0.3, -0.25) is 4.79 Å². The van der Waals surface area contributed by atoms with Gasteiger partial charge in [0.25, 0.3) is 0 Å². The number of morpholine rings is 1. The fourth-order valence-corrected chi connectivity index (χ4v) is 1.74. The maximum atomic E-state index is 12.0. The van der Waals surface area contributed by atoms with Crippen LogP contribution in [-0.4, -0.2) is 43.2 Å². The molecule has 1 rings (SSSR count). The van der Waals surface area contributed by atoms with E-state index in [0.717, 1.165) is 6.42 Å². The van der Waals surface area contributed by atoms with Crippen molar-refractivity contribution in [1.29, 1.82) is 0 Å². The van der Waals surface area contributed by atoms with Crippen LogP contribution >= 0.6 is 0 Å². The van der Waals surface area contributed by atoms with Crippen LogP contribution in [0.4, 0.5) is 0 Å². The average Bonchev–Trinajstić information content (AvgIpc) is 2.16. The predicted molar refractivity (Wildman–Crippen MR) is 59.4 cm³/mol. The van der Waals surface area contributed by atoms with E-state index in [4.69, 9.17) is 10.5 Å². The number of nitrogens with two attached hydrogens (primary N) is 1. The standard InChI is InChI=1S/C11H22N2O2/c1-11(2,3)10(14)13-6-7-15-9(8-13)4-5-12/h9H,4-8,12H2,1-3H3. The van der Waals surface area contributed by atoms with Crippen molar-refractivity contribution in [2.24, 2.45) is 11.1 Å². The van der Waals surface area contributed by atoms with Gasteiger partial charge in [0, 0.05) is 18.5 Å². The third-order valence-corrected chi connectivity index (χ3v) is 2.56. The normalized spacial score (nSPS) is 22.9. The highest BCUT2D eigenvalue weighted by atomic mass is 16.5. The van der Waals surface area contributed by atoms with Gasteiger partial charge in [0.15, 0.2) is 0 Å². The average molecular weight is 214 g/mol. The highest BCUT2D eigenvalue weighted by molar-refractivity contribution is 5.81. The number of hydrogen-bond donors (Lipinski definition) is 1. The molecule has 0 spiro atoms. The zero-order valence-corrected chi connectivity index (χ0v) is 9.95. The summed E-state index contributed by atoms with van der Waals surface area (Å²) in [6.07, 6.45) is 0.948. The Labute approximate surface area is 91.8 Å². The van der Waals surface area contributed by atoms with Crippen molar-refractivity contribution < 1.29 is 9.53 Å². The molecule has 0 saturated carbocycles. The maximum absolute atomic E-state index is 12.0. The van der Waals surface area contributed by atoms with Gasteiger partial charge >= 0.3 is 0 Å². The Morgan fingerprint density at radius 2 is 2.20 bits per heavy atom. The summed E-state index contributed by atoms with van der Waals surface area (Å²) in [6, 6.07) is 0. The molecular weight excluding hydrogens is 192 g/mol. The van der Waals surface area contributed by atoms with Gasteiger partial charge < -0.3 is 15.4 Å². The van der Waals surface area contributed by atoms with Crippen molar-refractivity contribution in [2.75, 3.05) is 26.2 Å². The van der Waals surface area contributed by atoms with E-state index in [1.807, 2.05) is 25.7 Å². The molecule has 1 amide bonds. The van der Waals surface area contributed by atoms with Gasteiger partial charge in [0.1, 0.15) is 0 Å². The largest absolute Gasteiger partial charge is 0.374 e. The summed E-state index contributed by atoms with van der Waals surface area (Å²) >= 11 is 0. The van der Waals surface area contributed by atoms with Crippen LogP contribution in [0.2, 0.25) is 0 Å². The minimum absolute atomic E-state index is 0.120. The number of carbonyl (C=O) groups is 1. The first-order valence-corrected chi connectivity index (χ1v) is 5.56. The molecule has 1 fully saturated rings. The highest BCUT2D eigenvalue weighted by Gasteiger charge is 2.30. The molecule has 0 aromatic heterocycles. The Bertz CT molecular complexity index is 221. The molecule has 2 N–H and O–H groups in total. The second-order valence-corrected chi connectivity index (χ2v) is 5.07. The predicted octanol–water partition coefficient (Wildman–Crippen LogP) is 0.609. The van der Waals surface area contributed by atoms with Gasteiger partial charge in [-0.2, -0.15) is 0 Å². The van der Waals surface area contributed by atoms with Gasteiger partial charge in [-0.25, -0.2) is 0 Å². The van der Waals surface area contributed by atoms with Crippen LogP contribution in [0.3, 0.4) is 0 Å². The molecule has 0 aromatic carbocycles. The van der Waals surface area contributed by atoms with Gasteiger partial charge in [0.2, 0.25) is 5.91 Å². The summed E-state index contributed by atoms with van der Waals surface area (Å²) in [5.41, 5.74) is 5.18. The van der Waals surface area contributed by atoms with Gasteiger partial charge in [-0.1, -0.05) is 20.8 Å². The van der Waals surface area contributed by atoms with Crippen molar-refractivity contribution in [3.63, 3.8) is 0 Å². The highest BCUT2D eigenvalue weighted by Crippen LogP contribution is 2.19. The molecule has 1 aliphatic heterocycles. The summed E-state index contributed by atoms with van der Waals surface area (Å²) in [4.78, 5) is 13.9. The van der Waals surface area contributed by atoms with Gasteiger partial charge in [-0.15, -0.1) is 0 Å². The number of nitrogens with zero attached hydrogens (tertiary/aromatic N) is 1. The van der Waals surface area contributed by atoms with Crippen molar-refractivity contribution >= 4 is 5.91 Å². The monoisotopic (exact) mass is 214 g/mol. The first kappa shape index (κ1) is 12.5. The summed E-state index contributed by atoms with van der Waals surface area (Å²) in [6.45, 7) is 8.48. The lowest BCUT2D eigenvalue weighted by molar-refractivity contribution is -0.147.